The summed E-state index contributed by atoms with van der Waals surface area (Å²) in [5, 5.41) is 2.47. The first kappa shape index (κ1) is 19.8. The van der Waals surface area contributed by atoms with E-state index < -0.39 is 0 Å². The van der Waals surface area contributed by atoms with Crippen LogP contribution in [0.1, 0.15) is 71.1 Å². The zero-order valence-electron chi connectivity index (χ0n) is 16.0. The number of hydrogen-bond acceptors (Lipinski definition) is 2. The molecule has 2 nitrogen and oxygen atoms in total. The fraction of sp³-hybridized carbons (Fsp3) is 0.565. The molecular formula is C23H36N2. The zero-order chi connectivity index (χ0) is 17.6. The lowest BCUT2D eigenvalue weighted by molar-refractivity contribution is 0.217. The first-order chi connectivity index (χ1) is 12.4. The van der Waals surface area contributed by atoms with Crippen molar-refractivity contribution in [2.24, 2.45) is 0 Å². The summed E-state index contributed by atoms with van der Waals surface area (Å²) in [6.07, 6.45) is 13.9. The molecule has 1 aromatic rings. The van der Waals surface area contributed by atoms with E-state index >= 15 is 0 Å². The highest BCUT2D eigenvalue weighted by atomic mass is 15.5. The molecule has 1 aliphatic rings. The summed E-state index contributed by atoms with van der Waals surface area (Å²) >= 11 is 0. The van der Waals surface area contributed by atoms with E-state index in [4.69, 9.17) is 0 Å². The van der Waals surface area contributed by atoms with Gasteiger partial charge in [-0.05, 0) is 25.0 Å². The highest BCUT2D eigenvalue weighted by Gasteiger charge is 2.17. The standard InChI is InChI=1S/C23H36N2/c1-2-25(23-20-16-12-8-3-4-9-13-17-21-23)24-22-18-14-10-6-5-7-11-15-19-22/h5-7,10-11,14-15,18-19,23-24H,2-4,8-9,12-13,16-17,20-21H2,1H3. The van der Waals surface area contributed by atoms with Gasteiger partial charge in [-0.1, -0.05) is 101 Å². The number of nitrogens with one attached hydrogen (secondary N) is 1. The molecule has 25 heavy (non-hydrogen) atoms. The average molecular weight is 341 g/mol. The Balaban J connectivity index is 2.05. The van der Waals surface area contributed by atoms with E-state index in [0.717, 1.165) is 12.2 Å². The largest absolute Gasteiger partial charge is 0.319 e. The molecule has 0 saturated heterocycles. The molecule has 2 heteroatoms. The molecule has 0 aliphatic heterocycles. The van der Waals surface area contributed by atoms with Crippen LogP contribution in [0.25, 0.3) is 0 Å². The Labute approximate surface area is 154 Å². The molecule has 138 valence electrons. The number of hydrazine groups is 1. The Morgan fingerprint density at radius 3 is 1.64 bits per heavy atom. The van der Waals surface area contributed by atoms with Crippen LogP contribution in [0.2, 0.25) is 0 Å². The summed E-state index contributed by atoms with van der Waals surface area (Å²) in [7, 11) is 0. The average Bonchev–Trinajstić information content (AvgIpc) is 2.70. The molecule has 0 amide bonds. The van der Waals surface area contributed by atoms with Crippen molar-refractivity contribution in [3.05, 3.63) is 54.6 Å². The molecule has 0 bridgehead atoms. The predicted molar refractivity (Wildman–Crippen MR) is 110 cm³/mol. The maximum Gasteiger partial charge on any atom is 0.0490 e. The number of hydrogen-bond donors (Lipinski definition) is 1. The van der Waals surface area contributed by atoms with Crippen LogP contribution in [0.15, 0.2) is 54.6 Å². The van der Waals surface area contributed by atoms with Gasteiger partial charge in [0.15, 0.2) is 0 Å². The first-order valence-corrected chi connectivity index (χ1v) is 10.3. The summed E-state index contributed by atoms with van der Waals surface area (Å²) in [5.74, 6) is 0. The quantitative estimate of drug-likeness (QED) is 0.610. The van der Waals surface area contributed by atoms with Crippen molar-refractivity contribution < 1.29 is 0 Å². The molecule has 1 N–H and O–H groups in total. The van der Waals surface area contributed by atoms with Crippen molar-refractivity contribution in [2.75, 3.05) is 12.0 Å². The Morgan fingerprint density at radius 2 is 1.16 bits per heavy atom. The Bertz CT molecular complexity index is 476. The van der Waals surface area contributed by atoms with Gasteiger partial charge < -0.3 is 5.43 Å². The van der Waals surface area contributed by atoms with E-state index in [1.165, 1.54) is 64.2 Å². The van der Waals surface area contributed by atoms with Gasteiger partial charge in [-0.2, -0.15) is 0 Å². The van der Waals surface area contributed by atoms with Crippen LogP contribution in [0.3, 0.4) is 0 Å². The van der Waals surface area contributed by atoms with Crippen LogP contribution in [-0.2, 0) is 0 Å². The highest BCUT2D eigenvalue weighted by molar-refractivity contribution is 5.39. The maximum atomic E-state index is 3.69. The normalized spacial score (nSPS) is 17.4. The minimum absolute atomic E-state index is 0.646. The van der Waals surface area contributed by atoms with Crippen molar-refractivity contribution in [2.45, 2.75) is 77.2 Å². The molecule has 2 rings (SSSR count). The molecule has 0 aromatic heterocycles. The molecule has 0 atom stereocenters. The first-order valence-electron chi connectivity index (χ1n) is 10.3. The van der Waals surface area contributed by atoms with Gasteiger partial charge in [0.25, 0.3) is 0 Å². The highest BCUT2D eigenvalue weighted by Crippen LogP contribution is 2.21. The van der Waals surface area contributed by atoms with Gasteiger partial charge in [-0.25, -0.2) is 5.01 Å². The smallest absolute Gasteiger partial charge is 0.0490 e. The van der Waals surface area contributed by atoms with Crippen molar-refractivity contribution in [3.63, 3.8) is 0 Å². The number of anilines is 1. The molecule has 1 aromatic carbocycles. The van der Waals surface area contributed by atoms with Crippen molar-refractivity contribution in [1.29, 1.82) is 0 Å². The monoisotopic (exact) mass is 340 g/mol. The van der Waals surface area contributed by atoms with E-state index in [1.54, 1.807) is 0 Å². The Kier molecular flexibility index (Phi) is 10.1. The summed E-state index contributed by atoms with van der Waals surface area (Å²) in [6, 6.07) is 19.5. The van der Waals surface area contributed by atoms with Crippen LogP contribution >= 0.6 is 0 Å². The lowest BCUT2D eigenvalue weighted by Crippen LogP contribution is -2.39. The van der Waals surface area contributed by atoms with E-state index in [2.05, 4.69) is 65.9 Å². The second-order valence-corrected chi connectivity index (χ2v) is 7.09. The molecule has 1 saturated carbocycles. The minimum Gasteiger partial charge on any atom is -0.319 e. The molecular weight excluding hydrogens is 304 g/mol. The maximum absolute atomic E-state index is 3.69. The lowest BCUT2D eigenvalue weighted by Gasteiger charge is -2.32. The van der Waals surface area contributed by atoms with Crippen molar-refractivity contribution >= 4 is 5.69 Å². The summed E-state index contributed by atoms with van der Waals surface area (Å²) in [4.78, 5) is 0. The van der Waals surface area contributed by atoms with E-state index in [1.807, 2.05) is 6.07 Å². The minimum atomic E-state index is 0.646. The van der Waals surface area contributed by atoms with Gasteiger partial charge in [-0.3, -0.25) is 0 Å². The number of nitrogens with zero attached hydrogens (tertiary/aromatic N) is 1. The SMILES string of the molecule is CCN(Nc1ccccccccc1)C1CCCCCCCCCC1. The number of rotatable bonds is 4. The molecule has 0 unspecified atom stereocenters. The van der Waals surface area contributed by atoms with Crippen LogP contribution < -0.4 is 5.43 Å². The Hall–Kier alpha value is -1.54. The predicted octanol–water partition coefficient (Wildman–Crippen LogP) is 6.74. The summed E-state index contributed by atoms with van der Waals surface area (Å²) in [5.41, 5.74) is 4.85. The van der Waals surface area contributed by atoms with E-state index in [0.29, 0.717) is 6.04 Å². The lowest BCUT2D eigenvalue weighted by atomic mass is 10.0. The van der Waals surface area contributed by atoms with Gasteiger partial charge in [0.2, 0.25) is 0 Å². The van der Waals surface area contributed by atoms with Crippen molar-refractivity contribution in [1.82, 2.24) is 5.01 Å². The second kappa shape index (κ2) is 12.8. The van der Waals surface area contributed by atoms with Crippen LogP contribution in [0, 0.1) is 0 Å². The van der Waals surface area contributed by atoms with Crippen LogP contribution in [0.5, 0.6) is 0 Å². The van der Waals surface area contributed by atoms with Crippen molar-refractivity contribution in [3.8, 4) is 0 Å². The zero-order valence-corrected chi connectivity index (χ0v) is 16.0. The Morgan fingerprint density at radius 1 is 0.720 bits per heavy atom. The third-order valence-corrected chi connectivity index (χ3v) is 5.10. The van der Waals surface area contributed by atoms with Crippen LogP contribution in [0.4, 0.5) is 5.69 Å². The fourth-order valence-corrected chi connectivity index (χ4v) is 3.64. The molecule has 0 heterocycles. The van der Waals surface area contributed by atoms with Gasteiger partial charge in [0.05, 0.1) is 0 Å². The summed E-state index contributed by atoms with van der Waals surface area (Å²) < 4.78 is 0. The third kappa shape index (κ3) is 8.40. The van der Waals surface area contributed by atoms with Gasteiger partial charge in [0, 0.05) is 18.3 Å². The van der Waals surface area contributed by atoms with Gasteiger partial charge in [-0.15, -0.1) is 0 Å². The topological polar surface area (TPSA) is 15.3 Å². The molecule has 1 fully saturated rings. The summed E-state index contributed by atoms with van der Waals surface area (Å²) in [6.45, 7) is 3.30. The van der Waals surface area contributed by atoms with Crippen LogP contribution in [-0.4, -0.2) is 17.6 Å². The fourth-order valence-electron chi connectivity index (χ4n) is 3.64. The van der Waals surface area contributed by atoms with Gasteiger partial charge >= 0.3 is 0 Å². The third-order valence-electron chi connectivity index (χ3n) is 5.10. The molecule has 1 aliphatic carbocycles. The van der Waals surface area contributed by atoms with E-state index in [9.17, 15) is 0 Å². The van der Waals surface area contributed by atoms with E-state index in [-0.39, 0.29) is 0 Å². The molecule has 0 radical (unpaired) electrons. The second-order valence-electron chi connectivity index (χ2n) is 7.09. The molecule has 0 spiro atoms. The van der Waals surface area contributed by atoms with Gasteiger partial charge in [0.1, 0.15) is 0 Å².